The molecule has 1 saturated carbocycles. The van der Waals surface area contributed by atoms with E-state index in [0.717, 1.165) is 62.4 Å². The monoisotopic (exact) mass is 453 g/mol. The van der Waals surface area contributed by atoms with E-state index in [1.165, 1.54) is 0 Å². The Balaban J connectivity index is 1.10. The predicted octanol–water partition coefficient (Wildman–Crippen LogP) is 5.27. The summed E-state index contributed by atoms with van der Waals surface area (Å²) in [7, 11) is 0. The average Bonchev–Trinajstić information content (AvgIpc) is 3.05. The van der Waals surface area contributed by atoms with Crippen molar-refractivity contribution in [2.45, 2.75) is 108 Å². The molecule has 3 atom stereocenters. The van der Waals surface area contributed by atoms with Crippen LogP contribution in [0.1, 0.15) is 72.1 Å². The minimum atomic E-state index is -0.455. The van der Waals surface area contributed by atoms with Crippen molar-refractivity contribution in [2.24, 2.45) is 0 Å². The van der Waals surface area contributed by atoms with Crippen LogP contribution in [-0.2, 0) is 9.47 Å². The maximum Gasteiger partial charge on any atom is 0.410 e. The van der Waals surface area contributed by atoms with E-state index in [4.69, 9.17) is 14.2 Å². The number of aromatic nitrogens is 2. The molecule has 2 aliphatic heterocycles. The Morgan fingerprint density at radius 2 is 1.55 bits per heavy atom. The molecule has 3 heterocycles. The van der Waals surface area contributed by atoms with Gasteiger partial charge in [0.2, 0.25) is 5.88 Å². The van der Waals surface area contributed by atoms with Crippen molar-refractivity contribution in [2.75, 3.05) is 0 Å². The first-order chi connectivity index (χ1) is 15.8. The molecule has 1 aromatic heterocycles. The molecule has 3 aliphatic rings. The van der Waals surface area contributed by atoms with Crippen LogP contribution in [0.15, 0.2) is 30.5 Å². The Morgan fingerprint density at radius 3 is 2.21 bits per heavy atom. The minimum Gasteiger partial charge on any atom is -0.473 e. The molecule has 5 rings (SSSR count). The lowest BCUT2D eigenvalue weighted by atomic mass is 9.93. The summed E-state index contributed by atoms with van der Waals surface area (Å²) in [5.74, 6) is 0.601. The second kappa shape index (κ2) is 9.09. The standard InChI is InChI=1S/C26H35N3O4/c1-26(2,3)33-25(30)29-17-8-9-18(29)15-21(14-17)31-19-10-12-20(13-11-19)32-24-16-27-22-6-4-5-7-23(22)28-24/h4-7,16-21H,8-15H2,1-3H3/t17-,18+,19-,20-,21-. The number of nitrogens with zero attached hydrogens (tertiary/aromatic N) is 3. The van der Waals surface area contributed by atoms with Gasteiger partial charge in [-0.05, 0) is 84.3 Å². The summed E-state index contributed by atoms with van der Waals surface area (Å²) in [4.78, 5) is 23.7. The number of hydrogen-bond donors (Lipinski definition) is 0. The molecule has 33 heavy (non-hydrogen) atoms. The normalized spacial score (nSPS) is 29.8. The molecule has 2 bridgehead atoms. The zero-order chi connectivity index (χ0) is 23.0. The zero-order valence-electron chi connectivity index (χ0n) is 19.9. The number of benzene rings is 1. The molecule has 3 fully saturated rings. The Bertz CT molecular complexity index is 969. The lowest BCUT2D eigenvalue weighted by Crippen LogP contribution is -2.50. The van der Waals surface area contributed by atoms with E-state index >= 15 is 0 Å². The van der Waals surface area contributed by atoms with Gasteiger partial charge in [-0.15, -0.1) is 0 Å². The summed E-state index contributed by atoms with van der Waals surface area (Å²) in [5.41, 5.74) is 1.29. The van der Waals surface area contributed by atoms with Gasteiger partial charge in [-0.2, -0.15) is 0 Å². The zero-order valence-corrected chi connectivity index (χ0v) is 19.9. The van der Waals surface area contributed by atoms with E-state index < -0.39 is 5.60 Å². The second-order valence-electron chi connectivity index (χ2n) is 10.7. The van der Waals surface area contributed by atoms with E-state index in [-0.39, 0.29) is 36.5 Å². The third-order valence-electron chi connectivity index (χ3n) is 7.01. The SMILES string of the molecule is CC(C)(C)OC(=O)N1[C@@H]2CC[C@H]1C[C@H](O[C@H]1CC[C@H](Oc3cnc4ccccc4n3)CC1)C2. The van der Waals surface area contributed by atoms with Gasteiger partial charge < -0.3 is 19.1 Å². The van der Waals surface area contributed by atoms with Crippen molar-refractivity contribution in [1.82, 2.24) is 14.9 Å². The highest BCUT2D eigenvalue weighted by molar-refractivity contribution is 5.74. The van der Waals surface area contributed by atoms with Crippen LogP contribution >= 0.6 is 0 Å². The van der Waals surface area contributed by atoms with Crippen LogP contribution in [-0.4, -0.2) is 57.0 Å². The van der Waals surface area contributed by atoms with Crippen molar-refractivity contribution in [3.8, 4) is 5.88 Å². The van der Waals surface area contributed by atoms with Crippen LogP contribution in [0.5, 0.6) is 5.88 Å². The predicted molar refractivity (Wildman–Crippen MR) is 125 cm³/mol. The van der Waals surface area contributed by atoms with Gasteiger partial charge in [0.25, 0.3) is 0 Å². The van der Waals surface area contributed by atoms with Gasteiger partial charge in [-0.25, -0.2) is 14.8 Å². The number of carbonyl (C=O) groups is 1. The fraction of sp³-hybridized carbons (Fsp3) is 0.654. The number of fused-ring (bicyclic) bond motifs is 3. The molecule has 1 amide bonds. The molecule has 2 aromatic rings. The minimum absolute atomic E-state index is 0.158. The smallest absolute Gasteiger partial charge is 0.410 e. The van der Waals surface area contributed by atoms with E-state index in [9.17, 15) is 4.79 Å². The van der Waals surface area contributed by atoms with E-state index in [0.29, 0.717) is 5.88 Å². The van der Waals surface area contributed by atoms with Gasteiger partial charge in [0.05, 0.1) is 29.4 Å². The van der Waals surface area contributed by atoms with Crippen LogP contribution in [0.4, 0.5) is 4.79 Å². The van der Waals surface area contributed by atoms with E-state index in [2.05, 4.69) is 9.97 Å². The fourth-order valence-electron chi connectivity index (χ4n) is 5.58. The quantitative estimate of drug-likeness (QED) is 0.628. The van der Waals surface area contributed by atoms with Crippen LogP contribution in [0.2, 0.25) is 0 Å². The van der Waals surface area contributed by atoms with Gasteiger partial charge in [0, 0.05) is 12.1 Å². The van der Waals surface area contributed by atoms with Gasteiger partial charge in [-0.1, -0.05) is 12.1 Å². The van der Waals surface area contributed by atoms with Crippen LogP contribution in [0, 0.1) is 0 Å². The molecule has 7 heteroatoms. The Labute approximate surface area is 195 Å². The molecular formula is C26H35N3O4. The topological polar surface area (TPSA) is 73.8 Å². The molecule has 0 spiro atoms. The molecular weight excluding hydrogens is 418 g/mol. The van der Waals surface area contributed by atoms with Gasteiger partial charge in [-0.3, -0.25) is 0 Å². The third-order valence-corrected chi connectivity index (χ3v) is 7.01. The first kappa shape index (κ1) is 22.4. The summed E-state index contributed by atoms with van der Waals surface area (Å²) in [6, 6.07) is 8.34. The lowest BCUT2D eigenvalue weighted by molar-refractivity contribution is -0.0814. The summed E-state index contributed by atoms with van der Waals surface area (Å²) in [6.45, 7) is 5.78. The Morgan fingerprint density at radius 1 is 0.909 bits per heavy atom. The number of hydrogen-bond acceptors (Lipinski definition) is 6. The second-order valence-corrected chi connectivity index (χ2v) is 10.7. The highest BCUT2D eigenvalue weighted by atomic mass is 16.6. The first-order valence-electron chi connectivity index (χ1n) is 12.4. The highest BCUT2D eigenvalue weighted by Gasteiger charge is 2.45. The maximum absolute atomic E-state index is 12.7. The summed E-state index contributed by atoms with van der Waals surface area (Å²) >= 11 is 0. The van der Waals surface area contributed by atoms with Crippen LogP contribution < -0.4 is 4.74 Å². The first-order valence-corrected chi connectivity index (χ1v) is 12.4. The lowest BCUT2D eigenvalue weighted by Gasteiger charge is -2.41. The Kier molecular flexibility index (Phi) is 6.16. The van der Waals surface area contributed by atoms with Crippen molar-refractivity contribution in [1.29, 1.82) is 0 Å². The van der Waals surface area contributed by atoms with Crippen molar-refractivity contribution in [3.05, 3.63) is 30.5 Å². The fourth-order valence-corrected chi connectivity index (χ4v) is 5.58. The van der Waals surface area contributed by atoms with Gasteiger partial charge in [0.15, 0.2) is 0 Å². The molecule has 178 valence electrons. The summed E-state index contributed by atoms with van der Waals surface area (Å²) in [6.07, 6.45) is 10.1. The number of carbonyl (C=O) groups excluding carboxylic acids is 1. The van der Waals surface area contributed by atoms with E-state index in [1.54, 1.807) is 6.20 Å². The van der Waals surface area contributed by atoms with Crippen LogP contribution in [0.25, 0.3) is 11.0 Å². The van der Waals surface area contributed by atoms with Gasteiger partial charge in [0.1, 0.15) is 11.7 Å². The highest BCUT2D eigenvalue weighted by Crippen LogP contribution is 2.39. The molecule has 2 saturated heterocycles. The molecule has 1 aliphatic carbocycles. The molecule has 0 unspecified atom stereocenters. The summed E-state index contributed by atoms with van der Waals surface area (Å²) in [5, 5.41) is 0. The molecule has 0 N–H and O–H groups in total. The largest absolute Gasteiger partial charge is 0.473 e. The van der Waals surface area contributed by atoms with Crippen molar-refractivity contribution >= 4 is 17.1 Å². The van der Waals surface area contributed by atoms with Crippen molar-refractivity contribution in [3.63, 3.8) is 0 Å². The molecule has 7 nitrogen and oxygen atoms in total. The number of para-hydroxylation sites is 2. The number of rotatable bonds is 4. The van der Waals surface area contributed by atoms with Gasteiger partial charge >= 0.3 is 6.09 Å². The molecule has 1 aromatic carbocycles. The third kappa shape index (κ3) is 5.24. The van der Waals surface area contributed by atoms with Crippen LogP contribution in [0.3, 0.4) is 0 Å². The summed E-state index contributed by atoms with van der Waals surface area (Å²) < 4.78 is 18.3. The molecule has 0 radical (unpaired) electrons. The number of piperidine rings is 1. The maximum atomic E-state index is 12.7. The Hall–Kier alpha value is -2.41. The number of ether oxygens (including phenoxy) is 3. The van der Waals surface area contributed by atoms with Crippen molar-refractivity contribution < 1.29 is 19.0 Å². The average molecular weight is 454 g/mol. The van der Waals surface area contributed by atoms with E-state index in [1.807, 2.05) is 49.9 Å². The number of amides is 1.